The molecule has 0 spiro atoms. The van der Waals surface area contributed by atoms with E-state index in [1.54, 1.807) is 21.3 Å². The average Bonchev–Trinajstić information content (AvgIpc) is 2.77. The molecule has 9 nitrogen and oxygen atoms in total. The van der Waals surface area contributed by atoms with Gasteiger partial charge in [0.15, 0.2) is 5.96 Å². The van der Waals surface area contributed by atoms with Gasteiger partial charge in [0.25, 0.3) is 0 Å². The number of carbonyl (C=O) groups excluding carboxylic acids is 1. The summed E-state index contributed by atoms with van der Waals surface area (Å²) in [5, 5.41) is 6.26. The van der Waals surface area contributed by atoms with Crippen LogP contribution in [0, 0.1) is 0 Å². The van der Waals surface area contributed by atoms with Gasteiger partial charge in [-0.25, -0.2) is 0 Å². The Hall–Kier alpha value is -1.79. The number of benzene rings is 1. The largest absolute Gasteiger partial charge is 0.497 e. The summed E-state index contributed by atoms with van der Waals surface area (Å²) < 4.78 is 15.9. The second-order valence-corrected chi connectivity index (χ2v) is 6.96. The van der Waals surface area contributed by atoms with Gasteiger partial charge in [0.2, 0.25) is 5.91 Å². The predicted molar refractivity (Wildman–Crippen MR) is 133 cm³/mol. The summed E-state index contributed by atoms with van der Waals surface area (Å²) in [6.45, 7) is 6.23. The van der Waals surface area contributed by atoms with Crippen molar-refractivity contribution in [2.75, 3.05) is 80.3 Å². The minimum atomic E-state index is 0. The number of carbonyl (C=O) groups is 1. The monoisotopic (exact) mass is 549 g/mol. The van der Waals surface area contributed by atoms with Crippen molar-refractivity contribution in [2.45, 2.75) is 6.42 Å². The quantitative estimate of drug-likeness (QED) is 0.185. The highest BCUT2D eigenvalue weighted by Crippen LogP contribution is 2.18. The van der Waals surface area contributed by atoms with Crippen molar-refractivity contribution in [3.63, 3.8) is 0 Å². The van der Waals surface area contributed by atoms with Gasteiger partial charge >= 0.3 is 0 Å². The molecule has 176 valence electrons. The lowest BCUT2D eigenvalue weighted by molar-refractivity contribution is -0.122. The zero-order valence-electron chi connectivity index (χ0n) is 18.8. The Morgan fingerprint density at radius 2 is 1.81 bits per heavy atom. The predicted octanol–water partition coefficient (Wildman–Crippen LogP) is 1.04. The molecule has 1 aliphatic heterocycles. The van der Waals surface area contributed by atoms with Crippen molar-refractivity contribution in [3.8, 4) is 11.5 Å². The molecule has 1 aromatic rings. The number of piperazine rings is 1. The van der Waals surface area contributed by atoms with Crippen molar-refractivity contribution in [2.24, 2.45) is 4.99 Å². The second-order valence-electron chi connectivity index (χ2n) is 6.96. The number of nitrogens with zero attached hydrogens (tertiary/aromatic N) is 3. The zero-order chi connectivity index (χ0) is 21.6. The van der Waals surface area contributed by atoms with Crippen LogP contribution in [0.25, 0.3) is 0 Å². The summed E-state index contributed by atoms with van der Waals surface area (Å²) in [5.41, 5.74) is 0. The van der Waals surface area contributed by atoms with Crippen LogP contribution in [0.15, 0.2) is 29.3 Å². The van der Waals surface area contributed by atoms with E-state index in [-0.39, 0.29) is 29.9 Å². The minimum Gasteiger partial charge on any atom is -0.497 e. The molecule has 31 heavy (non-hydrogen) atoms. The van der Waals surface area contributed by atoms with Crippen LogP contribution in [-0.4, -0.2) is 102 Å². The van der Waals surface area contributed by atoms with Gasteiger partial charge in [-0.05, 0) is 18.6 Å². The van der Waals surface area contributed by atoms with Crippen LogP contribution in [0.2, 0.25) is 0 Å². The highest BCUT2D eigenvalue weighted by molar-refractivity contribution is 14.0. The number of nitrogens with one attached hydrogen (secondary N) is 2. The van der Waals surface area contributed by atoms with Gasteiger partial charge in [-0.2, -0.15) is 0 Å². The fourth-order valence-electron chi connectivity index (χ4n) is 3.15. The Morgan fingerprint density at radius 1 is 1.06 bits per heavy atom. The number of aliphatic imine (C=N–C) groups is 1. The molecule has 2 rings (SSSR count). The molecule has 0 bridgehead atoms. The lowest BCUT2D eigenvalue weighted by Gasteiger charge is -2.36. The molecule has 0 radical (unpaired) electrons. The molecule has 0 saturated carbocycles. The van der Waals surface area contributed by atoms with Gasteiger partial charge < -0.3 is 29.7 Å². The summed E-state index contributed by atoms with van der Waals surface area (Å²) in [4.78, 5) is 20.7. The number of rotatable bonds is 11. The van der Waals surface area contributed by atoms with Crippen molar-refractivity contribution in [3.05, 3.63) is 24.3 Å². The third-order valence-corrected chi connectivity index (χ3v) is 4.79. The van der Waals surface area contributed by atoms with Gasteiger partial charge in [-0.15, -0.1) is 24.0 Å². The molecule has 1 heterocycles. The first-order valence-corrected chi connectivity index (χ1v) is 10.4. The van der Waals surface area contributed by atoms with Gasteiger partial charge in [0.05, 0.1) is 26.9 Å². The topological polar surface area (TPSA) is 87.7 Å². The fraction of sp³-hybridized carbons (Fsp3) is 0.619. The number of amides is 1. The Bertz CT molecular complexity index is 669. The van der Waals surface area contributed by atoms with Crippen molar-refractivity contribution >= 4 is 35.8 Å². The summed E-state index contributed by atoms with van der Waals surface area (Å²) in [6, 6.07) is 7.61. The van der Waals surface area contributed by atoms with Crippen LogP contribution in [0.3, 0.4) is 0 Å². The van der Waals surface area contributed by atoms with E-state index in [0.29, 0.717) is 26.3 Å². The first kappa shape index (κ1) is 27.2. The van der Waals surface area contributed by atoms with Crippen LogP contribution in [-0.2, 0) is 9.53 Å². The summed E-state index contributed by atoms with van der Waals surface area (Å²) >= 11 is 0. The molecule has 0 aromatic heterocycles. The van der Waals surface area contributed by atoms with Crippen LogP contribution in [0.1, 0.15) is 6.42 Å². The second kappa shape index (κ2) is 15.9. The normalized spacial score (nSPS) is 14.5. The Labute approximate surface area is 202 Å². The van der Waals surface area contributed by atoms with Crippen molar-refractivity contribution in [1.29, 1.82) is 0 Å². The van der Waals surface area contributed by atoms with E-state index in [1.165, 1.54) is 0 Å². The third-order valence-electron chi connectivity index (χ3n) is 4.79. The van der Waals surface area contributed by atoms with Crippen molar-refractivity contribution < 1.29 is 19.0 Å². The smallest absolute Gasteiger partial charge is 0.234 e. The Kier molecular flexibility index (Phi) is 14.0. The summed E-state index contributed by atoms with van der Waals surface area (Å²) in [6.07, 6.45) is 0.859. The summed E-state index contributed by atoms with van der Waals surface area (Å²) in [7, 11) is 5.07. The molecule has 1 fully saturated rings. The first-order chi connectivity index (χ1) is 14.7. The molecular weight excluding hydrogens is 513 g/mol. The lowest BCUT2D eigenvalue weighted by atomic mass is 10.3. The number of methoxy groups -OCH3 is 2. The third kappa shape index (κ3) is 10.4. The molecular formula is C21H36IN5O4. The van der Waals surface area contributed by atoms with Crippen LogP contribution >= 0.6 is 24.0 Å². The zero-order valence-corrected chi connectivity index (χ0v) is 21.1. The SMILES string of the molecule is CN=C(NCCCOc1cccc(OC)c1)N1CCN(CC(=O)NCCOC)CC1.I. The van der Waals surface area contributed by atoms with E-state index in [0.717, 1.165) is 56.6 Å². The first-order valence-electron chi connectivity index (χ1n) is 10.4. The maximum absolute atomic E-state index is 11.9. The Balaban J connectivity index is 0.00000480. The number of ether oxygens (including phenoxy) is 3. The standard InChI is InChI=1S/C21H35N5O4.HI/c1-22-21(24-8-5-14-30-19-7-4-6-18(16-19)29-3)26-12-10-25(11-13-26)17-20(27)23-9-15-28-2;/h4,6-7,16H,5,8-15,17H2,1-3H3,(H,22,24)(H,23,27);1H. The minimum absolute atomic E-state index is 0. The maximum atomic E-state index is 11.9. The molecule has 0 atom stereocenters. The van der Waals surface area contributed by atoms with E-state index < -0.39 is 0 Å². The van der Waals surface area contributed by atoms with E-state index >= 15 is 0 Å². The molecule has 10 heteroatoms. The summed E-state index contributed by atoms with van der Waals surface area (Å²) in [5.74, 6) is 2.53. The average molecular weight is 549 g/mol. The fourth-order valence-corrected chi connectivity index (χ4v) is 3.15. The van der Waals surface area contributed by atoms with Crippen LogP contribution < -0.4 is 20.1 Å². The maximum Gasteiger partial charge on any atom is 0.234 e. The molecule has 1 aromatic carbocycles. The van der Waals surface area contributed by atoms with Crippen LogP contribution in [0.5, 0.6) is 11.5 Å². The van der Waals surface area contributed by atoms with Gasteiger partial charge in [-0.1, -0.05) is 6.07 Å². The van der Waals surface area contributed by atoms with Gasteiger partial charge in [0, 0.05) is 59.5 Å². The molecule has 0 aliphatic carbocycles. The number of hydrogen-bond donors (Lipinski definition) is 2. The Morgan fingerprint density at radius 3 is 2.48 bits per heavy atom. The molecule has 1 amide bonds. The van der Waals surface area contributed by atoms with Crippen molar-refractivity contribution in [1.82, 2.24) is 20.4 Å². The van der Waals surface area contributed by atoms with E-state index in [2.05, 4.69) is 25.4 Å². The molecule has 2 N–H and O–H groups in total. The molecule has 1 saturated heterocycles. The van der Waals surface area contributed by atoms with Crippen LogP contribution in [0.4, 0.5) is 0 Å². The lowest BCUT2D eigenvalue weighted by Crippen LogP contribution is -2.54. The van der Waals surface area contributed by atoms with Gasteiger partial charge in [-0.3, -0.25) is 14.7 Å². The molecule has 1 aliphatic rings. The highest BCUT2D eigenvalue weighted by Gasteiger charge is 2.20. The van der Waals surface area contributed by atoms with E-state index in [1.807, 2.05) is 24.3 Å². The highest BCUT2D eigenvalue weighted by atomic mass is 127. The van der Waals surface area contributed by atoms with E-state index in [4.69, 9.17) is 14.2 Å². The number of guanidine groups is 1. The number of halogens is 1. The van der Waals surface area contributed by atoms with Gasteiger partial charge in [0.1, 0.15) is 11.5 Å². The van der Waals surface area contributed by atoms with E-state index in [9.17, 15) is 4.79 Å². The number of hydrogen-bond acceptors (Lipinski definition) is 6. The molecule has 0 unspecified atom stereocenters.